The number of hydrogen-bond acceptors (Lipinski definition) is 6. The number of pyridine rings is 1. The highest BCUT2D eigenvalue weighted by Crippen LogP contribution is 2.26. The van der Waals surface area contributed by atoms with Gasteiger partial charge >= 0.3 is 0 Å². The largest absolute Gasteiger partial charge is 0.384 e. The van der Waals surface area contributed by atoms with E-state index in [0.29, 0.717) is 29.7 Å². The van der Waals surface area contributed by atoms with Gasteiger partial charge in [-0.1, -0.05) is 41.9 Å². The van der Waals surface area contributed by atoms with E-state index in [0.717, 1.165) is 22.5 Å². The molecule has 1 saturated heterocycles. The molecule has 0 unspecified atom stereocenters. The highest BCUT2D eigenvalue weighted by Gasteiger charge is 2.25. The van der Waals surface area contributed by atoms with Crippen LogP contribution in [0.1, 0.15) is 22.5 Å². The summed E-state index contributed by atoms with van der Waals surface area (Å²) < 4.78 is 1.67. The fourth-order valence-electron chi connectivity index (χ4n) is 4.02. The van der Waals surface area contributed by atoms with Crippen molar-refractivity contribution in [1.29, 1.82) is 0 Å². The Kier molecular flexibility index (Phi) is 6.55. The fourth-order valence-corrected chi connectivity index (χ4v) is 4.20. The van der Waals surface area contributed by atoms with E-state index in [1.54, 1.807) is 16.8 Å². The summed E-state index contributed by atoms with van der Waals surface area (Å²) in [6.07, 6.45) is 0.257. The first-order chi connectivity index (χ1) is 17.5. The molecule has 0 spiro atoms. The predicted molar refractivity (Wildman–Crippen MR) is 139 cm³/mol. The molecule has 1 aliphatic rings. The molecule has 2 aromatic heterocycles. The molecule has 0 bridgehead atoms. The molecular weight excluding hydrogens is 478 g/mol. The Morgan fingerprint density at radius 2 is 1.94 bits per heavy atom. The van der Waals surface area contributed by atoms with Gasteiger partial charge in [-0.25, -0.2) is 9.67 Å². The SMILES string of the molecule is Nc1cccc(-c2ccc(Cl)c(CNc3cc(C(=O)N[C@@H]4CNC(=O)C4)nn3-c3ccccc3)c2)n1. The molecule has 1 atom stereocenters. The normalized spacial score (nSPS) is 14.9. The highest BCUT2D eigenvalue weighted by molar-refractivity contribution is 6.31. The van der Waals surface area contributed by atoms with Crippen molar-refractivity contribution in [2.75, 3.05) is 17.6 Å². The van der Waals surface area contributed by atoms with E-state index in [9.17, 15) is 9.59 Å². The van der Waals surface area contributed by atoms with Crippen LogP contribution in [0.5, 0.6) is 0 Å². The zero-order valence-electron chi connectivity index (χ0n) is 19.2. The number of halogens is 1. The lowest BCUT2D eigenvalue weighted by atomic mass is 10.1. The van der Waals surface area contributed by atoms with Gasteiger partial charge in [0.05, 0.1) is 17.4 Å². The second-order valence-corrected chi connectivity index (χ2v) is 8.86. The third kappa shape index (κ3) is 5.16. The topological polar surface area (TPSA) is 127 Å². The summed E-state index contributed by atoms with van der Waals surface area (Å²) in [6.45, 7) is 0.793. The van der Waals surface area contributed by atoms with Crippen molar-refractivity contribution in [3.63, 3.8) is 0 Å². The lowest BCUT2D eigenvalue weighted by molar-refractivity contribution is -0.119. The maximum absolute atomic E-state index is 12.9. The van der Waals surface area contributed by atoms with Crippen molar-refractivity contribution in [3.8, 4) is 16.9 Å². The number of aromatic nitrogens is 3. The fraction of sp³-hybridized carbons (Fsp3) is 0.154. The summed E-state index contributed by atoms with van der Waals surface area (Å²) in [7, 11) is 0. The minimum absolute atomic E-state index is 0.0787. The Morgan fingerprint density at radius 3 is 2.69 bits per heavy atom. The summed E-state index contributed by atoms with van der Waals surface area (Å²) in [5.74, 6) is 0.639. The number of carbonyl (C=O) groups is 2. The van der Waals surface area contributed by atoms with Crippen LogP contribution in [0.2, 0.25) is 5.02 Å². The second kappa shape index (κ2) is 10.1. The third-order valence-corrected chi connectivity index (χ3v) is 6.20. The lowest BCUT2D eigenvalue weighted by Crippen LogP contribution is -2.36. The van der Waals surface area contributed by atoms with Gasteiger partial charge in [-0.05, 0) is 42.0 Å². The van der Waals surface area contributed by atoms with Gasteiger partial charge in [0, 0.05) is 36.2 Å². The highest BCUT2D eigenvalue weighted by atomic mass is 35.5. The number of rotatable bonds is 7. The van der Waals surface area contributed by atoms with Gasteiger partial charge in [-0.15, -0.1) is 0 Å². The van der Waals surface area contributed by atoms with Crippen molar-refractivity contribution in [2.24, 2.45) is 0 Å². The van der Waals surface area contributed by atoms with E-state index < -0.39 is 0 Å². The zero-order valence-corrected chi connectivity index (χ0v) is 20.0. The van der Waals surface area contributed by atoms with Gasteiger partial charge in [0.1, 0.15) is 11.6 Å². The van der Waals surface area contributed by atoms with Gasteiger partial charge in [0.15, 0.2) is 5.69 Å². The number of nitrogens with two attached hydrogens (primary N) is 1. The first kappa shape index (κ1) is 23.4. The van der Waals surface area contributed by atoms with E-state index >= 15 is 0 Å². The number of hydrogen-bond donors (Lipinski definition) is 4. The zero-order chi connectivity index (χ0) is 25.1. The molecule has 5 N–H and O–H groups in total. The van der Waals surface area contributed by atoms with E-state index in [2.05, 4.69) is 26.0 Å². The minimum atomic E-state index is -0.345. The molecule has 10 heteroatoms. The Morgan fingerprint density at radius 1 is 1.11 bits per heavy atom. The molecule has 4 aromatic rings. The van der Waals surface area contributed by atoms with Crippen LogP contribution in [0.25, 0.3) is 16.9 Å². The molecule has 36 heavy (non-hydrogen) atoms. The molecule has 0 saturated carbocycles. The first-order valence-electron chi connectivity index (χ1n) is 11.4. The van der Waals surface area contributed by atoms with E-state index in [1.165, 1.54) is 0 Å². The molecule has 5 rings (SSSR count). The summed E-state index contributed by atoms with van der Waals surface area (Å²) in [4.78, 5) is 28.7. The predicted octanol–water partition coefficient (Wildman–Crippen LogP) is 3.40. The number of nitrogen functional groups attached to an aromatic ring is 1. The maximum Gasteiger partial charge on any atom is 0.272 e. The molecule has 2 amide bonds. The van der Waals surface area contributed by atoms with Crippen molar-refractivity contribution >= 4 is 35.1 Å². The maximum atomic E-state index is 12.9. The first-order valence-corrected chi connectivity index (χ1v) is 11.8. The number of carbonyl (C=O) groups excluding carboxylic acids is 2. The van der Waals surface area contributed by atoms with Gasteiger partial charge < -0.3 is 21.7 Å². The van der Waals surface area contributed by atoms with Gasteiger partial charge in [0.2, 0.25) is 5.91 Å². The van der Waals surface area contributed by atoms with Crippen molar-refractivity contribution in [3.05, 3.63) is 89.1 Å². The number of amides is 2. The third-order valence-electron chi connectivity index (χ3n) is 5.83. The number of nitrogens with one attached hydrogen (secondary N) is 3. The molecule has 9 nitrogen and oxygen atoms in total. The minimum Gasteiger partial charge on any atom is -0.384 e. The van der Waals surface area contributed by atoms with E-state index in [4.69, 9.17) is 17.3 Å². The second-order valence-electron chi connectivity index (χ2n) is 8.45. The molecule has 182 valence electrons. The van der Waals surface area contributed by atoms with Gasteiger partial charge in [0.25, 0.3) is 5.91 Å². The van der Waals surface area contributed by atoms with Crippen LogP contribution in [0, 0.1) is 0 Å². The standard InChI is InChI=1S/C26H24ClN7O2/c27-20-10-9-16(21-7-4-8-23(28)32-21)11-17(20)14-29-24-13-22(26(36)31-18-12-25(35)30-15-18)33-34(24)19-5-2-1-3-6-19/h1-11,13,18,29H,12,14-15H2,(H2,28,32)(H,30,35)(H,31,36)/t18-/m0/s1. The van der Waals surface area contributed by atoms with Crippen LogP contribution in [0.4, 0.5) is 11.6 Å². The molecular formula is C26H24ClN7O2. The number of benzene rings is 2. The smallest absolute Gasteiger partial charge is 0.272 e. The summed E-state index contributed by atoms with van der Waals surface area (Å²) in [6, 6.07) is 22.1. The quantitative estimate of drug-likeness (QED) is 0.307. The van der Waals surface area contributed by atoms with Crippen LogP contribution >= 0.6 is 11.6 Å². The molecule has 2 aromatic carbocycles. The molecule has 0 aliphatic carbocycles. The summed E-state index contributed by atoms with van der Waals surface area (Å²) in [5.41, 5.74) is 9.36. The van der Waals surface area contributed by atoms with Crippen LogP contribution in [-0.2, 0) is 11.3 Å². The van der Waals surface area contributed by atoms with Crippen molar-refractivity contribution in [1.82, 2.24) is 25.4 Å². The Bertz CT molecular complexity index is 1420. The number of anilines is 2. The van der Waals surface area contributed by atoms with Crippen LogP contribution in [-0.4, -0.2) is 39.2 Å². The van der Waals surface area contributed by atoms with Gasteiger partial charge in [-0.3, -0.25) is 9.59 Å². The Balaban J connectivity index is 1.40. The van der Waals surface area contributed by atoms with Crippen LogP contribution < -0.4 is 21.7 Å². The van der Waals surface area contributed by atoms with Crippen LogP contribution in [0.3, 0.4) is 0 Å². The number of nitrogens with zero attached hydrogens (tertiary/aromatic N) is 3. The van der Waals surface area contributed by atoms with E-state index in [-0.39, 0.29) is 30.0 Å². The van der Waals surface area contributed by atoms with E-state index in [1.807, 2.05) is 60.7 Å². The molecule has 0 radical (unpaired) electrons. The molecule has 1 aliphatic heterocycles. The molecule has 3 heterocycles. The van der Waals surface area contributed by atoms with Gasteiger partial charge in [-0.2, -0.15) is 5.10 Å². The summed E-state index contributed by atoms with van der Waals surface area (Å²) in [5, 5.41) is 14.1. The average Bonchev–Trinajstić information content (AvgIpc) is 3.50. The molecule has 1 fully saturated rings. The van der Waals surface area contributed by atoms with Crippen LogP contribution in [0.15, 0.2) is 72.8 Å². The summed E-state index contributed by atoms with van der Waals surface area (Å²) >= 11 is 6.50. The Labute approximate surface area is 212 Å². The van der Waals surface area contributed by atoms with Crippen molar-refractivity contribution < 1.29 is 9.59 Å². The Hall–Kier alpha value is -4.37. The lowest BCUT2D eigenvalue weighted by Gasteiger charge is -2.12. The van der Waals surface area contributed by atoms with Crippen molar-refractivity contribution in [2.45, 2.75) is 19.0 Å². The average molecular weight is 502 g/mol. The monoisotopic (exact) mass is 501 g/mol. The number of para-hydroxylation sites is 1.